The summed E-state index contributed by atoms with van der Waals surface area (Å²) in [7, 11) is 0. The first kappa shape index (κ1) is 80.7. The minimum Gasteiger partial charge on any atom is -0.478 e. The molecule has 0 atom stereocenters. The number of carboxylic acid groups (broad SMARTS) is 1. The highest BCUT2D eigenvalue weighted by Gasteiger charge is 2.16. The van der Waals surface area contributed by atoms with Gasteiger partial charge < -0.3 is 47.1 Å². The molecule has 5 amide bonds. The van der Waals surface area contributed by atoms with Crippen LogP contribution in [0.25, 0.3) is 18.2 Å². The first-order chi connectivity index (χ1) is 43.4. The van der Waals surface area contributed by atoms with Gasteiger partial charge in [-0.05, 0) is 204 Å². The second-order valence-electron chi connectivity index (χ2n) is 20.5. The molecule has 0 fully saturated rings. The van der Waals surface area contributed by atoms with Crippen molar-refractivity contribution in [3.63, 3.8) is 0 Å². The van der Waals surface area contributed by atoms with Crippen molar-refractivity contribution in [3.8, 4) is 0 Å². The number of nitrogen functional groups attached to an aromatic ring is 1. The van der Waals surface area contributed by atoms with Crippen molar-refractivity contribution >= 4 is 169 Å². The summed E-state index contributed by atoms with van der Waals surface area (Å²) in [6.45, 7) is 14.7. The minimum absolute atomic E-state index is 0. The number of aromatic nitrogens is 5. The molecular weight excluding hydrogens is 1470 g/mol. The van der Waals surface area contributed by atoms with Crippen molar-refractivity contribution in [2.75, 3.05) is 53.2 Å². The third kappa shape index (κ3) is 37.7. The molecule has 26 heteroatoms. The molecule has 0 unspecified atom stereocenters. The number of hydrogen-bond donors (Lipinski definition) is 7. The highest BCUT2D eigenvalue weighted by molar-refractivity contribution is 14.1. The van der Waals surface area contributed by atoms with E-state index < -0.39 is 17.5 Å². The van der Waals surface area contributed by atoms with E-state index in [0.29, 0.717) is 41.2 Å². The number of halogens is 3. The van der Waals surface area contributed by atoms with E-state index in [1.54, 1.807) is 102 Å². The van der Waals surface area contributed by atoms with Crippen molar-refractivity contribution in [2.24, 2.45) is 0 Å². The van der Waals surface area contributed by atoms with Crippen LogP contribution in [0.4, 0.5) is 29.1 Å². The second-order valence-corrected chi connectivity index (χ2v) is 25.1. The zero-order chi connectivity index (χ0) is 66.6. The van der Waals surface area contributed by atoms with Crippen LogP contribution in [0.3, 0.4) is 0 Å². The lowest BCUT2D eigenvalue weighted by Gasteiger charge is -2.25. The normalized spacial score (nSPS) is 12.1. The predicted octanol–water partition coefficient (Wildman–Crippen LogP) is 13.2. The number of hydrogen-bond acceptors (Lipinski definition) is 17. The average molecular weight is 1550 g/mol. The van der Waals surface area contributed by atoms with Gasteiger partial charge in [-0.25, -0.2) is 34.5 Å². The van der Waals surface area contributed by atoms with Crippen LogP contribution in [0.5, 0.6) is 0 Å². The van der Waals surface area contributed by atoms with Crippen molar-refractivity contribution in [2.45, 2.75) is 87.2 Å². The van der Waals surface area contributed by atoms with Gasteiger partial charge in [0.1, 0.15) is 34.7 Å². The number of nitrogens with one attached hydrogen (secondary N) is 5. The van der Waals surface area contributed by atoms with E-state index in [1.807, 2.05) is 55.2 Å². The number of pyridine rings is 5. The second kappa shape index (κ2) is 44.2. The summed E-state index contributed by atoms with van der Waals surface area (Å²) in [6.07, 6.45) is 25.6. The topological polar surface area (TPSA) is 303 Å². The number of anilines is 5. The number of rotatable bonds is 14. The fourth-order valence-electron chi connectivity index (χ4n) is 7.41. The van der Waals surface area contributed by atoms with E-state index >= 15 is 0 Å². The third-order valence-corrected chi connectivity index (χ3v) is 14.5. The molecule has 9 rings (SSSR count). The zero-order valence-electron chi connectivity index (χ0n) is 51.9. The maximum Gasteiger partial charge on any atom is 0.331 e. The summed E-state index contributed by atoms with van der Waals surface area (Å²) in [4.78, 5) is 102. The van der Waals surface area contributed by atoms with Gasteiger partial charge in [0, 0.05) is 126 Å². The maximum atomic E-state index is 12.3. The Morgan fingerprint density at radius 1 is 0.602 bits per heavy atom. The Morgan fingerprint density at radius 3 is 1.37 bits per heavy atom. The molecule has 93 heavy (non-hydrogen) atoms. The molecule has 9 heterocycles. The van der Waals surface area contributed by atoms with Gasteiger partial charge in [0.15, 0.2) is 0 Å². The van der Waals surface area contributed by atoms with Gasteiger partial charge in [0.25, 0.3) is 0 Å². The summed E-state index contributed by atoms with van der Waals surface area (Å²) < 4.78 is 7.29. The van der Waals surface area contributed by atoms with E-state index in [2.05, 4.69) is 144 Å². The first-order valence-electron chi connectivity index (χ1n) is 28.2. The van der Waals surface area contributed by atoms with Gasteiger partial charge in [-0.15, -0.1) is 35.1 Å². The number of nitrogens with two attached hydrogens (primary N) is 1. The van der Waals surface area contributed by atoms with Crippen LogP contribution in [0.2, 0.25) is 0 Å². The Kier molecular flexibility index (Phi) is 38.4. The summed E-state index contributed by atoms with van der Waals surface area (Å²) in [5, 5.41) is 26.2. The Bertz CT molecular complexity index is 3560. The van der Waals surface area contributed by atoms with Crippen LogP contribution in [-0.4, -0.2) is 108 Å². The van der Waals surface area contributed by atoms with E-state index in [0.717, 1.165) is 56.8 Å². The largest absolute Gasteiger partial charge is 0.478 e. The van der Waals surface area contributed by atoms with Gasteiger partial charge >= 0.3 is 11.9 Å². The molecule has 0 aromatic carbocycles. The quantitative estimate of drug-likeness (QED) is 0.0230. The number of esters is 1. The lowest BCUT2D eigenvalue weighted by atomic mass is 10.0. The molecule has 8 N–H and O–H groups in total. The molecule has 0 aliphatic carbocycles. The average Bonchev–Trinajstić information content (AvgIpc) is 2.70. The standard InChI is InChI=1S/C20H21N3O2S.C14H18N2O3.C10H10N2O3.C10H13NS.C7H7IN2O.C5H5IN2.CH4.ClH/c1-15(24)22-19-6-4-17(14-21-19)5-7-20(25)23-10-8-16(9-11-23)13-18-3-2-12-26-18;1-10(17)16-12-7-5-11(9-15-12)6-8-13(18)19-14(2,3)4;1-7(13)12-9-4-2-8(6-11-9)3-5-10(14)15;1-2-10(12-7-1)8-9-3-5-11-6-4-9;1-5(11)10-7-3-2-6(8)4-9-7;6-4-1-2-5(7)8-3-4;;/h2-8,12,14H,9-11,13H2,1H3,(H,21,22,24);5-9H,1-4H3,(H,15,16,17);2-6H,1H3,(H,14,15)(H,11,12,13);1-3,7,11H,4-6,8H2;2-4H,1H3,(H,9,10,11);1-3H,(H2,7,8);1H4;1H/b7-5+;8-6+;5-3+;;;;;. The Hall–Kier alpha value is -8.35. The van der Waals surface area contributed by atoms with Crippen LogP contribution < -0.4 is 32.3 Å². The SMILES string of the molecule is C.C1=C(Cc2cccs2)CCNC1.CC(=O)Nc1ccc(/C=C/C(=O)N2CC=C(Cc3cccs3)CC2)cn1.CC(=O)Nc1ccc(/C=C/C(=O)O)cn1.CC(=O)Nc1ccc(/C=C/C(=O)OC(C)(C)C)cn1.CC(=O)Nc1ccc(I)cn1.Cl.Nc1ccc(I)cn1. The van der Waals surface area contributed by atoms with Crippen LogP contribution in [0.15, 0.2) is 168 Å². The number of carboxylic acids is 1. The monoisotopic (exact) mass is 1550 g/mol. The minimum atomic E-state index is -1.01. The fraction of sp³-hybridized carbons (Fsp3) is 0.254. The number of aliphatic carboxylic acids is 1. The van der Waals surface area contributed by atoms with Gasteiger partial charge in [-0.2, -0.15) is 0 Å². The molecular formula is C67H79ClI2N12O9S2. The summed E-state index contributed by atoms with van der Waals surface area (Å²) >= 11 is 7.96. The van der Waals surface area contributed by atoms with Gasteiger partial charge in [-0.3, -0.25) is 24.0 Å². The van der Waals surface area contributed by atoms with Crippen LogP contribution >= 0.6 is 80.3 Å². The smallest absolute Gasteiger partial charge is 0.331 e. The lowest BCUT2D eigenvalue weighted by Crippen LogP contribution is -2.33. The number of carbonyl (C=O) groups excluding carboxylic acids is 6. The molecule has 0 spiro atoms. The highest BCUT2D eigenvalue weighted by atomic mass is 127. The molecule has 7 aromatic rings. The van der Waals surface area contributed by atoms with E-state index in [-0.39, 0.29) is 49.4 Å². The molecule has 7 aromatic heterocycles. The lowest BCUT2D eigenvalue weighted by molar-refractivity contribution is -0.148. The molecule has 2 aliphatic rings. The predicted molar refractivity (Wildman–Crippen MR) is 394 cm³/mol. The van der Waals surface area contributed by atoms with Crippen LogP contribution in [0, 0.1) is 7.14 Å². The molecule has 494 valence electrons. The summed E-state index contributed by atoms with van der Waals surface area (Å²) in [6, 6.07) is 26.1. The Labute approximate surface area is 585 Å². The fourth-order valence-corrected chi connectivity index (χ4v) is 9.56. The van der Waals surface area contributed by atoms with Crippen molar-refractivity contribution in [1.29, 1.82) is 0 Å². The Balaban J connectivity index is 0.000000393. The van der Waals surface area contributed by atoms with E-state index in [9.17, 15) is 33.6 Å². The van der Waals surface area contributed by atoms with Crippen LogP contribution in [-0.2, 0) is 51.1 Å². The van der Waals surface area contributed by atoms with E-state index in [4.69, 9.17) is 15.6 Å². The summed E-state index contributed by atoms with van der Waals surface area (Å²) in [5.74, 6) is 0.537. The first-order valence-corrected chi connectivity index (χ1v) is 32.2. The van der Waals surface area contributed by atoms with E-state index in [1.165, 1.54) is 74.2 Å². The highest BCUT2D eigenvalue weighted by Crippen LogP contribution is 2.21. The third-order valence-electron chi connectivity index (χ3n) is 11.4. The molecule has 2 aliphatic heterocycles. The van der Waals surface area contributed by atoms with Gasteiger partial charge in [0.2, 0.25) is 29.5 Å². The van der Waals surface area contributed by atoms with Crippen LogP contribution in [0.1, 0.15) is 95.2 Å². The molecule has 0 saturated carbocycles. The summed E-state index contributed by atoms with van der Waals surface area (Å²) in [5.41, 5.74) is 10.0. The molecule has 0 saturated heterocycles. The number of amides is 5. The number of thiophene rings is 2. The van der Waals surface area contributed by atoms with Gasteiger partial charge in [-0.1, -0.05) is 42.9 Å². The number of ether oxygens (including phenoxy) is 1. The van der Waals surface area contributed by atoms with Crippen molar-refractivity contribution in [1.82, 2.24) is 35.1 Å². The maximum absolute atomic E-state index is 12.3. The molecule has 0 bridgehead atoms. The number of carbonyl (C=O) groups is 7. The molecule has 21 nitrogen and oxygen atoms in total. The number of nitrogens with zero attached hydrogens (tertiary/aromatic N) is 6. The van der Waals surface area contributed by atoms with Crippen molar-refractivity contribution in [3.05, 3.63) is 202 Å². The Morgan fingerprint density at radius 2 is 1.03 bits per heavy atom. The van der Waals surface area contributed by atoms with Gasteiger partial charge in [0.05, 0.1) is 0 Å². The van der Waals surface area contributed by atoms with Crippen molar-refractivity contribution < 1.29 is 43.4 Å². The zero-order valence-corrected chi connectivity index (χ0v) is 58.6. The molecule has 0 radical (unpaired) electrons.